The molecule has 0 unspecified atom stereocenters. The minimum atomic E-state index is -3.41. The van der Waals surface area contributed by atoms with Gasteiger partial charge < -0.3 is 0 Å². The van der Waals surface area contributed by atoms with Crippen LogP contribution in [0.5, 0.6) is 0 Å². The van der Waals surface area contributed by atoms with E-state index in [1.54, 1.807) is 12.1 Å². The summed E-state index contributed by atoms with van der Waals surface area (Å²) in [5, 5.41) is 0. The van der Waals surface area contributed by atoms with Crippen molar-refractivity contribution < 1.29 is 8.42 Å². The molecule has 0 saturated carbocycles. The molecule has 1 aromatic rings. The Hall–Kier alpha value is -1.29. The van der Waals surface area contributed by atoms with Crippen molar-refractivity contribution in [2.75, 3.05) is 0 Å². The minimum absolute atomic E-state index is 0.332. The molecule has 0 aromatic heterocycles. The Morgan fingerprint density at radius 3 is 2.50 bits per heavy atom. The molecule has 1 aliphatic rings. The number of hydrogen-bond acceptors (Lipinski definition) is 2. The monoisotopic (exact) mass is 265 g/mol. The number of benzene rings is 1. The lowest BCUT2D eigenvalue weighted by atomic mass is 10.2. The smallest absolute Gasteiger partial charge is 0.261 e. The zero-order valence-electron chi connectivity index (χ0n) is 10.6. The first kappa shape index (κ1) is 13.1. The number of sulfonamides is 1. The Morgan fingerprint density at radius 2 is 1.78 bits per heavy atom. The largest absolute Gasteiger partial charge is 0.284 e. The van der Waals surface area contributed by atoms with E-state index in [1.165, 1.54) is 6.42 Å². The van der Waals surface area contributed by atoms with E-state index in [4.69, 9.17) is 0 Å². The number of aryl methyl sites for hydroxylation is 1. The second kappa shape index (κ2) is 5.57. The lowest BCUT2D eigenvalue weighted by molar-refractivity contribution is 0.586. The van der Waals surface area contributed by atoms with Crippen molar-refractivity contribution in [2.45, 2.75) is 43.9 Å². The van der Waals surface area contributed by atoms with Crippen molar-refractivity contribution >= 4 is 10.0 Å². The van der Waals surface area contributed by atoms with Crippen LogP contribution in [0.1, 0.15) is 37.7 Å². The molecule has 0 fully saturated rings. The minimum Gasteiger partial charge on any atom is -0.284 e. The average Bonchev–Trinajstić information content (AvgIpc) is 2.57. The van der Waals surface area contributed by atoms with E-state index >= 15 is 0 Å². The summed E-state index contributed by atoms with van der Waals surface area (Å²) in [5.74, 6) is 0. The van der Waals surface area contributed by atoms with E-state index < -0.39 is 10.0 Å². The van der Waals surface area contributed by atoms with Gasteiger partial charge in [-0.25, -0.2) is 8.42 Å². The molecule has 0 saturated heterocycles. The summed E-state index contributed by atoms with van der Waals surface area (Å²) in [4.78, 5) is 0.332. The number of rotatable bonds is 3. The highest BCUT2D eigenvalue weighted by molar-refractivity contribution is 7.89. The molecular weight excluding hydrogens is 246 g/mol. The fourth-order valence-corrected chi connectivity index (χ4v) is 3.20. The molecule has 4 heteroatoms. The highest BCUT2D eigenvalue weighted by Gasteiger charge is 2.15. The maximum absolute atomic E-state index is 12.2. The Labute approximate surface area is 109 Å². The quantitative estimate of drug-likeness (QED) is 0.912. The molecular formula is C14H19NO2S. The number of nitrogens with one attached hydrogen (secondary N) is 1. The maximum Gasteiger partial charge on any atom is 0.261 e. The molecule has 1 aliphatic carbocycles. The summed E-state index contributed by atoms with van der Waals surface area (Å²) >= 11 is 0. The predicted molar refractivity (Wildman–Crippen MR) is 72.7 cm³/mol. The second-order valence-corrected chi connectivity index (χ2v) is 6.43. The molecule has 18 heavy (non-hydrogen) atoms. The highest BCUT2D eigenvalue weighted by atomic mass is 32.2. The Morgan fingerprint density at radius 1 is 1.06 bits per heavy atom. The fraction of sp³-hybridized carbons (Fsp3) is 0.429. The van der Waals surface area contributed by atoms with Gasteiger partial charge in [-0.3, -0.25) is 4.72 Å². The molecule has 3 nitrogen and oxygen atoms in total. The lowest BCUT2D eigenvalue weighted by Crippen LogP contribution is -2.23. The number of hydrogen-bond donors (Lipinski definition) is 1. The van der Waals surface area contributed by atoms with Crippen molar-refractivity contribution in [1.82, 2.24) is 4.72 Å². The molecule has 0 spiro atoms. The van der Waals surface area contributed by atoms with Gasteiger partial charge in [0.05, 0.1) is 4.90 Å². The molecule has 1 N–H and O–H groups in total. The van der Waals surface area contributed by atoms with E-state index in [9.17, 15) is 8.42 Å². The first-order valence-electron chi connectivity index (χ1n) is 6.36. The van der Waals surface area contributed by atoms with Gasteiger partial charge in [-0.1, -0.05) is 30.2 Å². The summed E-state index contributed by atoms with van der Waals surface area (Å²) in [6.07, 6.45) is 7.18. The summed E-state index contributed by atoms with van der Waals surface area (Å²) < 4.78 is 27.0. The molecule has 0 radical (unpaired) electrons. The van der Waals surface area contributed by atoms with Crippen molar-refractivity contribution in [3.05, 3.63) is 41.6 Å². The van der Waals surface area contributed by atoms with Gasteiger partial charge in [0, 0.05) is 5.70 Å². The molecule has 0 heterocycles. The molecule has 98 valence electrons. The third-order valence-electron chi connectivity index (χ3n) is 3.14. The first-order chi connectivity index (χ1) is 8.58. The van der Waals surface area contributed by atoms with Crippen LogP contribution in [0.4, 0.5) is 0 Å². The third-order valence-corrected chi connectivity index (χ3v) is 4.56. The summed E-state index contributed by atoms with van der Waals surface area (Å²) in [6, 6.07) is 6.93. The highest BCUT2D eigenvalue weighted by Crippen LogP contribution is 2.18. The summed E-state index contributed by atoms with van der Waals surface area (Å²) in [6.45, 7) is 1.94. The van der Waals surface area contributed by atoms with E-state index in [-0.39, 0.29) is 0 Å². The average molecular weight is 265 g/mol. The maximum atomic E-state index is 12.2. The standard InChI is InChI=1S/C14H19NO2S/c1-12-8-10-14(11-9-12)18(16,17)15-13-6-4-2-3-5-7-13/h6,8-11,15H,2-5,7H2,1H3. The van der Waals surface area contributed by atoms with Crippen LogP contribution in [0.25, 0.3) is 0 Å². The van der Waals surface area contributed by atoms with Crippen molar-refractivity contribution in [3.8, 4) is 0 Å². The van der Waals surface area contributed by atoms with Crippen LogP contribution in [0.3, 0.4) is 0 Å². The Balaban J connectivity index is 2.16. The Kier molecular flexibility index (Phi) is 4.07. The molecule has 1 aromatic carbocycles. The van der Waals surface area contributed by atoms with Crippen molar-refractivity contribution in [2.24, 2.45) is 0 Å². The van der Waals surface area contributed by atoms with Crippen LogP contribution in [0.15, 0.2) is 40.9 Å². The lowest BCUT2D eigenvalue weighted by Gasteiger charge is -2.10. The predicted octanol–water partition coefficient (Wildman–Crippen LogP) is 3.12. The normalized spacial score (nSPS) is 16.8. The van der Waals surface area contributed by atoms with Crippen LogP contribution in [0.2, 0.25) is 0 Å². The first-order valence-corrected chi connectivity index (χ1v) is 7.85. The van der Waals surface area contributed by atoms with E-state index in [2.05, 4.69) is 4.72 Å². The van der Waals surface area contributed by atoms with Gasteiger partial charge in [0.25, 0.3) is 10.0 Å². The molecule has 0 amide bonds. The van der Waals surface area contributed by atoms with Crippen LogP contribution in [0, 0.1) is 6.92 Å². The van der Waals surface area contributed by atoms with Gasteiger partial charge in [0.1, 0.15) is 0 Å². The Bertz CT molecular complexity index is 529. The zero-order valence-corrected chi connectivity index (χ0v) is 11.5. The fourth-order valence-electron chi connectivity index (χ4n) is 2.06. The van der Waals surface area contributed by atoms with Gasteiger partial charge in [-0.05, 0) is 44.7 Å². The van der Waals surface area contributed by atoms with Crippen molar-refractivity contribution in [3.63, 3.8) is 0 Å². The van der Waals surface area contributed by atoms with E-state index in [0.717, 1.165) is 36.9 Å². The van der Waals surface area contributed by atoms with Gasteiger partial charge in [0.15, 0.2) is 0 Å². The van der Waals surface area contributed by atoms with E-state index in [1.807, 2.05) is 25.1 Å². The summed E-state index contributed by atoms with van der Waals surface area (Å²) in [7, 11) is -3.41. The van der Waals surface area contributed by atoms with Crippen LogP contribution in [-0.4, -0.2) is 8.42 Å². The SMILES string of the molecule is Cc1ccc(S(=O)(=O)NC2=CCCCCC2)cc1. The summed E-state index contributed by atoms with van der Waals surface area (Å²) in [5.41, 5.74) is 1.90. The van der Waals surface area contributed by atoms with Crippen LogP contribution < -0.4 is 4.72 Å². The topological polar surface area (TPSA) is 46.2 Å². The van der Waals surface area contributed by atoms with Crippen molar-refractivity contribution in [1.29, 1.82) is 0 Å². The number of allylic oxidation sites excluding steroid dienone is 2. The zero-order chi connectivity index (χ0) is 13.0. The van der Waals surface area contributed by atoms with Gasteiger partial charge in [-0.2, -0.15) is 0 Å². The van der Waals surface area contributed by atoms with E-state index in [0.29, 0.717) is 4.90 Å². The van der Waals surface area contributed by atoms with Gasteiger partial charge >= 0.3 is 0 Å². The molecule has 0 atom stereocenters. The van der Waals surface area contributed by atoms with Gasteiger partial charge in [-0.15, -0.1) is 0 Å². The van der Waals surface area contributed by atoms with Crippen LogP contribution >= 0.6 is 0 Å². The molecule has 0 aliphatic heterocycles. The molecule has 0 bridgehead atoms. The van der Waals surface area contributed by atoms with Crippen LogP contribution in [-0.2, 0) is 10.0 Å². The third kappa shape index (κ3) is 3.35. The van der Waals surface area contributed by atoms with Gasteiger partial charge in [0.2, 0.25) is 0 Å². The molecule has 2 rings (SSSR count). The second-order valence-electron chi connectivity index (χ2n) is 4.75.